The highest BCUT2D eigenvalue weighted by Crippen LogP contribution is 2.19. The molecule has 0 spiro atoms. The Hall–Kier alpha value is -3.68. The minimum atomic E-state index is -0.337. The standard InChI is InChI=1S/C22H25N5O3/c1-3-16-6-4-5-7-18(16)24-22-26-19(25-21(23)27-22)14-30-20(28)13-10-15-8-11-17(29-2)12-9-15/h4-9,11-12H,3,10,13-14H2,1-2H3,(H3,23,24,25,26,27). The number of nitrogens with zero attached hydrogens (tertiary/aromatic N) is 3. The molecule has 2 aromatic carbocycles. The van der Waals surface area contributed by atoms with Crippen molar-refractivity contribution < 1.29 is 14.3 Å². The second-order valence-electron chi connectivity index (χ2n) is 6.58. The summed E-state index contributed by atoms with van der Waals surface area (Å²) in [5, 5.41) is 3.16. The smallest absolute Gasteiger partial charge is 0.306 e. The Morgan fingerprint density at radius 1 is 1.07 bits per heavy atom. The molecule has 0 saturated heterocycles. The predicted octanol–water partition coefficient (Wildman–Crippen LogP) is 3.44. The number of ether oxygens (including phenoxy) is 2. The van der Waals surface area contributed by atoms with Crippen molar-refractivity contribution in [1.29, 1.82) is 0 Å². The number of hydrogen-bond acceptors (Lipinski definition) is 8. The molecule has 3 aromatic rings. The molecule has 0 aliphatic heterocycles. The zero-order chi connectivity index (χ0) is 21.3. The molecule has 1 aromatic heterocycles. The summed E-state index contributed by atoms with van der Waals surface area (Å²) in [7, 11) is 1.61. The van der Waals surface area contributed by atoms with Gasteiger partial charge in [0, 0.05) is 12.1 Å². The minimum Gasteiger partial charge on any atom is -0.497 e. The number of methoxy groups -OCH3 is 1. The summed E-state index contributed by atoms with van der Waals surface area (Å²) in [4.78, 5) is 24.6. The van der Waals surface area contributed by atoms with Crippen molar-refractivity contribution in [2.75, 3.05) is 18.2 Å². The molecular weight excluding hydrogens is 382 g/mol. The Bertz CT molecular complexity index is 992. The molecule has 0 amide bonds. The summed E-state index contributed by atoms with van der Waals surface area (Å²) >= 11 is 0. The molecule has 8 nitrogen and oxygen atoms in total. The van der Waals surface area contributed by atoms with E-state index >= 15 is 0 Å². The van der Waals surface area contributed by atoms with E-state index in [-0.39, 0.29) is 30.8 Å². The molecule has 0 aliphatic carbocycles. The van der Waals surface area contributed by atoms with Gasteiger partial charge in [0.2, 0.25) is 11.9 Å². The molecule has 3 rings (SSSR count). The number of nitrogen functional groups attached to an aromatic ring is 1. The maximum Gasteiger partial charge on any atom is 0.306 e. The topological polar surface area (TPSA) is 112 Å². The number of carbonyl (C=O) groups is 1. The number of benzene rings is 2. The first-order chi connectivity index (χ1) is 14.6. The van der Waals surface area contributed by atoms with Crippen LogP contribution in [0.5, 0.6) is 5.75 Å². The van der Waals surface area contributed by atoms with E-state index in [1.165, 1.54) is 0 Å². The van der Waals surface area contributed by atoms with E-state index in [4.69, 9.17) is 15.2 Å². The number of hydrogen-bond donors (Lipinski definition) is 2. The second kappa shape index (κ2) is 10.2. The minimum absolute atomic E-state index is 0.0609. The van der Waals surface area contributed by atoms with Crippen molar-refractivity contribution in [2.45, 2.75) is 32.8 Å². The summed E-state index contributed by atoms with van der Waals surface area (Å²) in [6.07, 6.45) is 1.69. The van der Waals surface area contributed by atoms with Gasteiger partial charge in [0.25, 0.3) is 0 Å². The van der Waals surface area contributed by atoms with Crippen molar-refractivity contribution in [2.24, 2.45) is 0 Å². The fourth-order valence-electron chi connectivity index (χ4n) is 2.89. The van der Waals surface area contributed by atoms with Gasteiger partial charge in [-0.05, 0) is 42.2 Å². The molecule has 0 aliphatic rings. The van der Waals surface area contributed by atoms with Crippen LogP contribution in [0, 0.1) is 0 Å². The lowest BCUT2D eigenvalue weighted by molar-refractivity contribution is -0.145. The summed E-state index contributed by atoms with van der Waals surface area (Å²) in [6.45, 7) is 2.00. The lowest BCUT2D eigenvalue weighted by Crippen LogP contribution is -2.11. The highest BCUT2D eigenvalue weighted by atomic mass is 16.5. The van der Waals surface area contributed by atoms with Crippen LogP contribution in [0.2, 0.25) is 0 Å². The van der Waals surface area contributed by atoms with E-state index in [2.05, 4.69) is 27.2 Å². The molecule has 0 fully saturated rings. The van der Waals surface area contributed by atoms with Crippen molar-refractivity contribution in [3.05, 3.63) is 65.5 Å². The van der Waals surface area contributed by atoms with E-state index in [0.717, 1.165) is 29.0 Å². The van der Waals surface area contributed by atoms with Gasteiger partial charge in [-0.25, -0.2) is 0 Å². The van der Waals surface area contributed by atoms with Crippen LogP contribution in [0.4, 0.5) is 17.6 Å². The van der Waals surface area contributed by atoms with Crippen LogP contribution < -0.4 is 15.8 Å². The van der Waals surface area contributed by atoms with Crippen LogP contribution in [-0.2, 0) is 29.0 Å². The van der Waals surface area contributed by atoms with Crippen LogP contribution >= 0.6 is 0 Å². The molecule has 0 unspecified atom stereocenters. The third kappa shape index (κ3) is 5.91. The van der Waals surface area contributed by atoms with Gasteiger partial charge in [-0.2, -0.15) is 15.0 Å². The van der Waals surface area contributed by atoms with Gasteiger partial charge in [-0.15, -0.1) is 0 Å². The number of nitrogens with one attached hydrogen (secondary N) is 1. The lowest BCUT2D eigenvalue weighted by atomic mass is 10.1. The van der Waals surface area contributed by atoms with Gasteiger partial charge in [0.05, 0.1) is 7.11 Å². The van der Waals surface area contributed by atoms with Crippen molar-refractivity contribution in [1.82, 2.24) is 15.0 Å². The van der Waals surface area contributed by atoms with E-state index in [0.29, 0.717) is 12.4 Å². The number of carbonyl (C=O) groups excluding carboxylic acids is 1. The molecule has 1 heterocycles. The Kier molecular flexibility index (Phi) is 7.15. The Labute approximate surface area is 175 Å². The predicted molar refractivity (Wildman–Crippen MR) is 114 cm³/mol. The summed E-state index contributed by atoms with van der Waals surface area (Å²) < 4.78 is 10.4. The third-order valence-electron chi connectivity index (χ3n) is 4.48. The number of anilines is 3. The quantitative estimate of drug-likeness (QED) is 0.519. The molecule has 0 radical (unpaired) electrons. The molecule has 156 valence electrons. The first kappa shape index (κ1) is 21.0. The van der Waals surface area contributed by atoms with E-state index in [9.17, 15) is 4.79 Å². The van der Waals surface area contributed by atoms with E-state index in [1.807, 2.05) is 48.5 Å². The van der Waals surface area contributed by atoms with Crippen LogP contribution in [0.15, 0.2) is 48.5 Å². The molecule has 0 bridgehead atoms. The van der Waals surface area contributed by atoms with Gasteiger partial charge < -0.3 is 20.5 Å². The average molecular weight is 407 g/mol. The van der Waals surface area contributed by atoms with Crippen LogP contribution in [0.1, 0.15) is 30.3 Å². The van der Waals surface area contributed by atoms with Gasteiger partial charge in [0.1, 0.15) is 5.75 Å². The summed E-state index contributed by atoms with van der Waals surface area (Å²) in [5.74, 6) is 1.10. The normalized spacial score (nSPS) is 10.5. The molecular formula is C22H25N5O3. The Morgan fingerprint density at radius 3 is 2.57 bits per heavy atom. The van der Waals surface area contributed by atoms with E-state index in [1.54, 1.807) is 7.11 Å². The zero-order valence-corrected chi connectivity index (χ0v) is 17.1. The van der Waals surface area contributed by atoms with Gasteiger partial charge >= 0.3 is 5.97 Å². The van der Waals surface area contributed by atoms with Crippen molar-refractivity contribution in [3.8, 4) is 5.75 Å². The van der Waals surface area contributed by atoms with Gasteiger partial charge in [-0.3, -0.25) is 4.79 Å². The first-order valence-corrected chi connectivity index (χ1v) is 9.71. The number of esters is 1. The SMILES string of the molecule is CCc1ccccc1Nc1nc(N)nc(COC(=O)CCc2ccc(OC)cc2)n1. The number of rotatable bonds is 9. The monoisotopic (exact) mass is 407 g/mol. The second-order valence-corrected chi connectivity index (χ2v) is 6.58. The molecule has 0 saturated carbocycles. The maximum absolute atomic E-state index is 12.1. The highest BCUT2D eigenvalue weighted by molar-refractivity contribution is 5.69. The highest BCUT2D eigenvalue weighted by Gasteiger charge is 2.10. The van der Waals surface area contributed by atoms with Crippen LogP contribution in [0.3, 0.4) is 0 Å². The first-order valence-electron chi connectivity index (χ1n) is 9.71. The third-order valence-corrected chi connectivity index (χ3v) is 4.48. The molecule has 30 heavy (non-hydrogen) atoms. The number of para-hydroxylation sites is 1. The van der Waals surface area contributed by atoms with Gasteiger partial charge in [0.15, 0.2) is 12.4 Å². The Morgan fingerprint density at radius 2 is 1.83 bits per heavy atom. The fraction of sp³-hybridized carbons (Fsp3) is 0.273. The number of aromatic nitrogens is 3. The lowest BCUT2D eigenvalue weighted by Gasteiger charge is -2.11. The van der Waals surface area contributed by atoms with Crippen molar-refractivity contribution >= 4 is 23.6 Å². The van der Waals surface area contributed by atoms with Gasteiger partial charge in [-0.1, -0.05) is 37.3 Å². The summed E-state index contributed by atoms with van der Waals surface area (Å²) in [5.41, 5.74) is 8.85. The fourth-order valence-corrected chi connectivity index (χ4v) is 2.89. The van der Waals surface area contributed by atoms with Crippen LogP contribution in [-0.4, -0.2) is 28.0 Å². The molecule has 8 heteroatoms. The zero-order valence-electron chi connectivity index (χ0n) is 17.1. The number of nitrogens with two attached hydrogens (primary N) is 1. The van der Waals surface area contributed by atoms with Crippen molar-refractivity contribution in [3.63, 3.8) is 0 Å². The largest absolute Gasteiger partial charge is 0.497 e. The maximum atomic E-state index is 12.1. The summed E-state index contributed by atoms with van der Waals surface area (Å²) in [6, 6.07) is 15.4. The number of aryl methyl sites for hydroxylation is 2. The Balaban J connectivity index is 1.56. The average Bonchev–Trinajstić information content (AvgIpc) is 2.76. The van der Waals surface area contributed by atoms with Crippen LogP contribution in [0.25, 0.3) is 0 Å². The van der Waals surface area contributed by atoms with E-state index < -0.39 is 0 Å². The molecule has 0 atom stereocenters. The molecule has 3 N–H and O–H groups in total.